The summed E-state index contributed by atoms with van der Waals surface area (Å²) < 4.78 is 0. The van der Waals surface area contributed by atoms with Gasteiger partial charge in [0.05, 0.1) is 17.7 Å². The smallest absolute Gasteiger partial charge is 0.319 e. The minimum atomic E-state index is -0.621. The molecule has 7 nitrogen and oxygen atoms in total. The first kappa shape index (κ1) is 19.6. The van der Waals surface area contributed by atoms with Gasteiger partial charge in [0.25, 0.3) is 11.8 Å². The molecule has 2 aromatic carbocycles. The Labute approximate surface area is 163 Å². The molecule has 0 aliphatic carbocycles. The van der Waals surface area contributed by atoms with Crippen molar-refractivity contribution in [1.29, 1.82) is 0 Å². The van der Waals surface area contributed by atoms with Gasteiger partial charge in [0, 0.05) is 17.8 Å². The number of nitrogens with zero attached hydrogens (tertiary/aromatic N) is 1. The Balaban J connectivity index is 1.66. The summed E-state index contributed by atoms with van der Waals surface area (Å²) in [5.41, 5.74) is 2.14. The third-order valence-electron chi connectivity index (χ3n) is 4.47. The molecule has 0 saturated heterocycles. The van der Waals surface area contributed by atoms with Crippen LogP contribution in [0.1, 0.15) is 52.6 Å². The Morgan fingerprint density at radius 1 is 0.964 bits per heavy atom. The van der Waals surface area contributed by atoms with E-state index in [2.05, 4.69) is 10.6 Å². The van der Waals surface area contributed by atoms with E-state index in [9.17, 15) is 14.4 Å². The molecule has 28 heavy (non-hydrogen) atoms. The molecule has 2 aromatic rings. The van der Waals surface area contributed by atoms with E-state index in [1.54, 1.807) is 45.0 Å². The van der Waals surface area contributed by atoms with Crippen LogP contribution in [0.2, 0.25) is 0 Å². The second-order valence-electron chi connectivity index (χ2n) is 7.66. The molecule has 0 radical (unpaired) electrons. The van der Waals surface area contributed by atoms with E-state index in [1.807, 2.05) is 12.1 Å². The van der Waals surface area contributed by atoms with E-state index in [4.69, 9.17) is 5.11 Å². The number of imide groups is 1. The van der Waals surface area contributed by atoms with E-state index < -0.39 is 11.6 Å². The quantitative estimate of drug-likeness (QED) is 0.709. The Morgan fingerprint density at radius 3 is 2.18 bits per heavy atom. The van der Waals surface area contributed by atoms with Crippen molar-refractivity contribution in [2.45, 2.75) is 39.5 Å². The van der Waals surface area contributed by atoms with Crippen LogP contribution in [0, 0.1) is 0 Å². The normalized spacial score (nSPS) is 13.5. The van der Waals surface area contributed by atoms with Gasteiger partial charge in [-0.1, -0.05) is 24.3 Å². The fourth-order valence-corrected chi connectivity index (χ4v) is 3.05. The van der Waals surface area contributed by atoms with Crippen molar-refractivity contribution in [3.63, 3.8) is 0 Å². The fourth-order valence-electron chi connectivity index (χ4n) is 3.05. The number of amides is 4. The Kier molecular flexibility index (Phi) is 5.20. The molecule has 0 spiro atoms. The van der Waals surface area contributed by atoms with Gasteiger partial charge in [0.15, 0.2) is 0 Å². The van der Waals surface area contributed by atoms with Crippen LogP contribution >= 0.6 is 0 Å². The first-order chi connectivity index (χ1) is 13.2. The number of aliphatic hydroxyl groups excluding tert-OH is 1. The second-order valence-corrected chi connectivity index (χ2v) is 7.66. The van der Waals surface area contributed by atoms with Crippen molar-refractivity contribution in [3.05, 3.63) is 64.7 Å². The molecule has 146 valence electrons. The zero-order valence-corrected chi connectivity index (χ0v) is 16.1. The van der Waals surface area contributed by atoms with Gasteiger partial charge in [0.2, 0.25) is 0 Å². The topological polar surface area (TPSA) is 98.7 Å². The molecule has 0 unspecified atom stereocenters. The van der Waals surface area contributed by atoms with E-state index in [0.717, 1.165) is 11.1 Å². The largest absolute Gasteiger partial charge is 0.392 e. The maximum atomic E-state index is 12.6. The summed E-state index contributed by atoms with van der Waals surface area (Å²) >= 11 is 0. The van der Waals surface area contributed by atoms with Gasteiger partial charge in [-0.05, 0) is 50.1 Å². The monoisotopic (exact) mass is 381 g/mol. The number of rotatable bonds is 4. The summed E-state index contributed by atoms with van der Waals surface area (Å²) in [7, 11) is 0. The van der Waals surface area contributed by atoms with E-state index in [0.29, 0.717) is 17.8 Å². The van der Waals surface area contributed by atoms with Crippen LogP contribution < -0.4 is 10.6 Å². The molecule has 0 saturated carbocycles. The van der Waals surface area contributed by atoms with Crippen molar-refractivity contribution in [2.24, 2.45) is 0 Å². The lowest BCUT2D eigenvalue weighted by Crippen LogP contribution is -2.45. The highest BCUT2D eigenvalue weighted by Crippen LogP contribution is 2.30. The third-order valence-corrected chi connectivity index (χ3v) is 4.47. The number of benzene rings is 2. The molecule has 1 aliphatic rings. The molecular weight excluding hydrogens is 358 g/mol. The van der Waals surface area contributed by atoms with E-state index in [-0.39, 0.29) is 24.0 Å². The van der Waals surface area contributed by atoms with Gasteiger partial charge in [-0.15, -0.1) is 0 Å². The zero-order chi connectivity index (χ0) is 20.5. The molecule has 1 heterocycles. The molecule has 3 N–H and O–H groups in total. The highest BCUT2D eigenvalue weighted by molar-refractivity contribution is 6.22. The number of hydrogen-bond donors (Lipinski definition) is 3. The maximum absolute atomic E-state index is 12.6. The number of hydrogen-bond acceptors (Lipinski definition) is 4. The molecular formula is C21H23N3O4. The molecule has 0 atom stereocenters. The second kappa shape index (κ2) is 7.44. The highest BCUT2D eigenvalue weighted by Gasteiger charge is 2.41. The summed E-state index contributed by atoms with van der Waals surface area (Å²) in [6.45, 7) is 5.69. The van der Waals surface area contributed by atoms with Crippen molar-refractivity contribution in [2.75, 3.05) is 5.32 Å². The third kappa shape index (κ3) is 3.89. The maximum Gasteiger partial charge on any atom is 0.319 e. The van der Waals surface area contributed by atoms with Crippen LogP contribution in [0.4, 0.5) is 10.5 Å². The number of fused-ring (bicyclic) bond motifs is 1. The lowest BCUT2D eigenvalue weighted by Gasteiger charge is -2.29. The Hall–Kier alpha value is -3.19. The van der Waals surface area contributed by atoms with Crippen molar-refractivity contribution in [3.8, 4) is 0 Å². The Morgan fingerprint density at radius 2 is 1.57 bits per heavy atom. The predicted molar refractivity (Wildman–Crippen MR) is 105 cm³/mol. The van der Waals surface area contributed by atoms with Gasteiger partial charge < -0.3 is 15.7 Å². The fraction of sp³-hybridized carbons (Fsp3) is 0.286. The molecule has 0 fully saturated rings. The van der Waals surface area contributed by atoms with E-state index >= 15 is 0 Å². The van der Waals surface area contributed by atoms with Gasteiger partial charge in [0.1, 0.15) is 0 Å². The van der Waals surface area contributed by atoms with Crippen LogP contribution in [0.3, 0.4) is 0 Å². The zero-order valence-electron chi connectivity index (χ0n) is 16.1. The van der Waals surface area contributed by atoms with Crippen molar-refractivity contribution < 1.29 is 19.5 Å². The summed E-state index contributed by atoms with van der Waals surface area (Å²) in [4.78, 5) is 38.5. The van der Waals surface area contributed by atoms with Crippen molar-refractivity contribution >= 4 is 23.5 Å². The Bertz CT molecular complexity index is 930. The standard InChI is InChI=1S/C21H23N3O4/c1-21(2,3)24-18(26)16-9-8-15(10-17(16)19(24)27)23-20(28)22-11-13-4-6-14(12-25)7-5-13/h4-10,25H,11-12H2,1-3H3,(H2,22,23,28). The lowest BCUT2D eigenvalue weighted by atomic mass is 10.1. The lowest BCUT2D eigenvalue weighted by molar-refractivity contribution is 0.0507. The van der Waals surface area contributed by atoms with Gasteiger partial charge >= 0.3 is 6.03 Å². The summed E-state index contributed by atoms with van der Waals surface area (Å²) in [5.74, 6) is -0.685. The van der Waals surface area contributed by atoms with Crippen LogP contribution in [0.5, 0.6) is 0 Å². The first-order valence-electron chi connectivity index (χ1n) is 8.97. The average Bonchev–Trinajstić information content (AvgIpc) is 2.90. The number of urea groups is 1. The van der Waals surface area contributed by atoms with Gasteiger partial charge in [-0.2, -0.15) is 0 Å². The molecule has 3 rings (SSSR count). The number of aliphatic hydroxyl groups is 1. The number of carbonyl (C=O) groups is 3. The summed E-state index contributed by atoms with van der Waals surface area (Å²) in [6.07, 6.45) is 0. The molecule has 1 aliphatic heterocycles. The summed E-state index contributed by atoms with van der Waals surface area (Å²) in [5, 5.41) is 14.5. The number of nitrogens with one attached hydrogen (secondary N) is 2. The van der Waals surface area contributed by atoms with Gasteiger partial charge in [-0.3, -0.25) is 14.5 Å². The van der Waals surface area contributed by atoms with Crippen LogP contribution in [-0.2, 0) is 13.2 Å². The molecule has 0 bridgehead atoms. The van der Waals surface area contributed by atoms with Crippen molar-refractivity contribution in [1.82, 2.24) is 10.2 Å². The molecule has 7 heteroatoms. The number of carbonyl (C=O) groups excluding carboxylic acids is 3. The minimum absolute atomic E-state index is 0.0274. The SMILES string of the molecule is CC(C)(C)N1C(=O)c2ccc(NC(=O)NCc3ccc(CO)cc3)cc2C1=O. The van der Waals surface area contributed by atoms with Crippen LogP contribution in [-0.4, -0.2) is 33.4 Å². The average molecular weight is 381 g/mol. The van der Waals surface area contributed by atoms with E-state index in [1.165, 1.54) is 11.0 Å². The van der Waals surface area contributed by atoms with Gasteiger partial charge in [-0.25, -0.2) is 4.79 Å². The predicted octanol–water partition coefficient (Wildman–Crippen LogP) is 2.90. The molecule has 0 aromatic heterocycles. The highest BCUT2D eigenvalue weighted by atomic mass is 16.3. The first-order valence-corrected chi connectivity index (χ1v) is 8.97. The number of anilines is 1. The summed E-state index contributed by atoms with van der Waals surface area (Å²) in [6, 6.07) is 11.5. The van der Waals surface area contributed by atoms with Crippen LogP contribution in [0.15, 0.2) is 42.5 Å². The van der Waals surface area contributed by atoms with Crippen LogP contribution in [0.25, 0.3) is 0 Å². The molecule has 4 amide bonds. The minimum Gasteiger partial charge on any atom is -0.392 e.